The Morgan fingerprint density at radius 1 is 0.517 bits per heavy atom. The number of carboxylic acid groups (broad SMARTS) is 4. The predicted molar refractivity (Wildman–Crippen MR) is 93.4 cm³/mol. The summed E-state index contributed by atoms with van der Waals surface area (Å²) in [4.78, 5) is 39.9. The van der Waals surface area contributed by atoms with Gasteiger partial charge in [-0.2, -0.15) is 0 Å². The van der Waals surface area contributed by atoms with Crippen LogP contribution in [0.3, 0.4) is 0 Å². The summed E-state index contributed by atoms with van der Waals surface area (Å²) < 4.78 is 0. The second kappa shape index (κ2) is 17.3. The average Bonchev–Trinajstić information content (AvgIpc) is 2.59. The quantitative estimate of drug-likeness (QED) is 0.325. The first-order valence-electron chi connectivity index (χ1n) is 8.12. The van der Waals surface area contributed by atoms with Gasteiger partial charge in [0.1, 0.15) is 0 Å². The molecule has 1 aliphatic carbocycles. The second-order valence-corrected chi connectivity index (χ2v) is 5.47. The molecule has 0 amide bonds. The molecule has 9 heteroatoms. The Labute approximate surface area is 182 Å². The van der Waals surface area contributed by atoms with Crippen LogP contribution >= 0.6 is 0 Å². The summed E-state index contributed by atoms with van der Waals surface area (Å²) in [6.45, 7) is 4.61. The molecule has 0 aromatic heterocycles. The Hall–Kier alpha value is -2.80. The van der Waals surface area contributed by atoms with Crippen LogP contribution in [0.5, 0.6) is 0 Å². The van der Waals surface area contributed by atoms with E-state index in [0.717, 1.165) is 27.7 Å². The molecule has 1 aliphatic rings. The number of carbonyl (C=O) groups is 4. The predicted octanol–water partition coefficient (Wildman–Crippen LogP) is -1.91. The van der Waals surface area contributed by atoms with Crippen LogP contribution in [0.15, 0.2) is 58.7 Å². The fraction of sp³-hybridized carbons (Fsp3) is 0.300. The van der Waals surface area contributed by atoms with E-state index in [1.54, 1.807) is 0 Å². The summed E-state index contributed by atoms with van der Waals surface area (Å²) in [7, 11) is 0. The first-order chi connectivity index (χ1) is 12.9. The molecular formula is C20H22O8Ru. The number of rotatable bonds is 4. The van der Waals surface area contributed by atoms with Crippen LogP contribution in [0.2, 0.25) is 0 Å². The van der Waals surface area contributed by atoms with E-state index in [-0.39, 0.29) is 41.8 Å². The van der Waals surface area contributed by atoms with Gasteiger partial charge < -0.3 is 39.6 Å². The zero-order valence-electron chi connectivity index (χ0n) is 16.5. The van der Waals surface area contributed by atoms with Gasteiger partial charge >= 0.3 is 19.5 Å². The zero-order valence-corrected chi connectivity index (χ0v) is 18.2. The molecule has 0 spiro atoms. The van der Waals surface area contributed by atoms with E-state index in [9.17, 15) is 39.6 Å². The molecule has 0 saturated carbocycles. The molecule has 0 fully saturated rings. The van der Waals surface area contributed by atoms with E-state index >= 15 is 0 Å². The van der Waals surface area contributed by atoms with Crippen molar-refractivity contribution in [2.75, 3.05) is 0 Å². The van der Waals surface area contributed by atoms with Crippen molar-refractivity contribution in [1.29, 1.82) is 0 Å². The summed E-state index contributed by atoms with van der Waals surface area (Å²) in [6, 6.07) is 0. The Morgan fingerprint density at radius 2 is 0.724 bits per heavy atom. The zero-order chi connectivity index (χ0) is 22.3. The first-order valence-corrected chi connectivity index (χ1v) is 8.12. The minimum Gasteiger partial charge on any atom is -0.545 e. The molecule has 1 rings (SSSR count). The van der Waals surface area contributed by atoms with Crippen LogP contribution in [0, 0.1) is 0 Å². The van der Waals surface area contributed by atoms with Crippen molar-refractivity contribution >= 4 is 23.9 Å². The third kappa shape index (κ3) is 15.9. The molecule has 0 radical (unpaired) electrons. The summed E-state index contributed by atoms with van der Waals surface area (Å²) in [6.07, 6.45) is 15.0. The third-order valence-electron chi connectivity index (χ3n) is 3.46. The number of allylic oxidation sites excluding steroid dienone is 6. The van der Waals surface area contributed by atoms with E-state index in [0.29, 0.717) is 0 Å². The fourth-order valence-corrected chi connectivity index (χ4v) is 1.28. The van der Waals surface area contributed by atoms with Crippen LogP contribution in [0.25, 0.3) is 0 Å². The molecule has 158 valence electrons. The van der Waals surface area contributed by atoms with Crippen molar-refractivity contribution in [2.24, 2.45) is 0 Å². The van der Waals surface area contributed by atoms with Gasteiger partial charge in [-0.15, -0.1) is 0 Å². The fourth-order valence-electron chi connectivity index (χ4n) is 1.28. The third-order valence-corrected chi connectivity index (χ3v) is 3.46. The van der Waals surface area contributed by atoms with Crippen LogP contribution < -0.4 is 20.4 Å². The largest absolute Gasteiger partial charge is 4.00 e. The maximum Gasteiger partial charge on any atom is 4.00 e. The van der Waals surface area contributed by atoms with Crippen molar-refractivity contribution in [1.82, 2.24) is 0 Å². The van der Waals surface area contributed by atoms with Gasteiger partial charge in [-0.3, -0.25) is 0 Å². The molecular weight excluding hydrogens is 469 g/mol. The molecule has 0 aromatic rings. The average molecular weight is 491 g/mol. The van der Waals surface area contributed by atoms with Gasteiger partial charge in [0.25, 0.3) is 0 Å². The second-order valence-electron chi connectivity index (χ2n) is 5.47. The van der Waals surface area contributed by atoms with Gasteiger partial charge in [0.05, 0.1) is 23.9 Å². The Kier molecular flexibility index (Phi) is 18.5. The molecule has 0 saturated heterocycles. The van der Waals surface area contributed by atoms with Crippen molar-refractivity contribution in [2.45, 2.75) is 40.5 Å². The minimum absolute atomic E-state index is 0. The van der Waals surface area contributed by atoms with Crippen LogP contribution in [-0.2, 0) is 38.7 Å². The van der Waals surface area contributed by atoms with Gasteiger partial charge in [-0.25, -0.2) is 0 Å². The standard InChI is InChI=1S/C8H10.2C6H8O4.Ru/c1-2-4-6-8-7-5-3-1;2*1-3(5(7)8)4(2)6(9)10;/h1-6H,7-8H2;2*1-2H3,(H,7,8)(H,9,10);/q;;;+4/p-4/b;2*4-3+;. The van der Waals surface area contributed by atoms with Crippen molar-refractivity contribution in [3.05, 3.63) is 58.7 Å². The van der Waals surface area contributed by atoms with Gasteiger partial charge in [0, 0.05) is 0 Å². The molecule has 29 heavy (non-hydrogen) atoms. The molecule has 0 unspecified atom stereocenters. The molecule has 0 heterocycles. The molecule has 8 nitrogen and oxygen atoms in total. The van der Waals surface area contributed by atoms with E-state index < -0.39 is 23.9 Å². The SMILES string of the molecule is C/C(C(=O)[O-])=C(/C)C(=O)[O-].C/C(C(=O)[O-])=C(/C)C(=O)[O-].C1=CC=CCCC=C1.[Ru+4]. The summed E-state index contributed by atoms with van der Waals surface area (Å²) in [5.74, 6) is -5.94. The Morgan fingerprint density at radius 3 is 0.897 bits per heavy atom. The monoisotopic (exact) mass is 492 g/mol. The molecule has 0 aromatic carbocycles. The minimum atomic E-state index is -1.48. The number of hydrogen-bond acceptors (Lipinski definition) is 8. The summed E-state index contributed by atoms with van der Waals surface area (Å²) >= 11 is 0. The smallest absolute Gasteiger partial charge is 0.545 e. The van der Waals surface area contributed by atoms with E-state index in [1.165, 1.54) is 12.8 Å². The normalized spacial score (nSPS) is 13.4. The van der Waals surface area contributed by atoms with E-state index in [4.69, 9.17) is 0 Å². The van der Waals surface area contributed by atoms with Crippen molar-refractivity contribution in [3.8, 4) is 0 Å². The number of hydrogen-bond donors (Lipinski definition) is 0. The molecule has 0 atom stereocenters. The summed E-state index contributed by atoms with van der Waals surface area (Å²) in [5, 5.41) is 39.9. The first kappa shape index (κ1) is 30.9. The van der Waals surface area contributed by atoms with Crippen LogP contribution in [0.1, 0.15) is 40.5 Å². The number of carboxylic acids is 4. The number of carbonyl (C=O) groups excluding carboxylic acids is 4. The van der Waals surface area contributed by atoms with Gasteiger partial charge in [0.2, 0.25) is 0 Å². The van der Waals surface area contributed by atoms with Crippen molar-refractivity contribution < 1.29 is 59.1 Å². The molecule has 0 bridgehead atoms. The number of aliphatic carboxylic acids is 4. The van der Waals surface area contributed by atoms with Crippen LogP contribution in [0.4, 0.5) is 0 Å². The maximum absolute atomic E-state index is 9.99. The van der Waals surface area contributed by atoms with Crippen LogP contribution in [-0.4, -0.2) is 23.9 Å². The van der Waals surface area contributed by atoms with E-state index in [2.05, 4.69) is 36.5 Å². The Bertz CT molecular complexity index is 634. The maximum atomic E-state index is 9.99. The van der Waals surface area contributed by atoms with Gasteiger partial charge in [-0.05, 0) is 62.8 Å². The topological polar surface area (TPSA) is 161 Å². The molecule has 0 N–H and O–H groups in total. The summed E-state index contributed by atoms with van der Waals surface area (Å²) in [5.41, 5.74) is -1.22. The van der Waals surface area contributed by atoms with Gasteiger partial charge in [0.15, 0.2) is 0 Å². The molecule has 0 aliphatic heterocycles. The van der Waals surface area contributed by atoms with Crippen molar-refractivity contribution in [3.63, 3.8) is 0 Å². The Balaban J connectivity index is -0.000000345. The van der Waals surface area contributed by atoms with Gasteiger partial charge in [-0.1, -0.05) is 36.5 Å². The van der Waals surface area contributed by atoms with E-state index in [1.807, 2.05) is 0 Å².